The summed E-state index contributed by atoms with van der Waals surface area (Å²) in [6.07, 6.45) is 4.69. The van der Waals surface area contributed by atoms with Gasteiger partial charge in [-0.25, -0.2) is 27.1 Å². The molecule has 1 aliphatic carbocycles. The van der Waals surface area contributed by atoms with Gasteiger partial charge in [-0.1, -0.05) is 11.6 Å². The summed E-state index contributed by atoms with van der Waals surface area (Å²) in [6.45, 7) is -0.237. The monoisotopic (exact) mass is 631 g/mol. The highest BCUT2D eigenvalue weighted by Crippen LogP contribution is 2.39. The van der Waals surface area contributed by atoms with Crippen molar-refractivity contribution in [3.05, 3.63) is 83.3 Å². The average Bonchev–Trinajstić information content (AvgIpc) is 3.44. The lowest BCUT2D eigenvalue weighted by Crippen LogP contribution is -2.35. The number of aliphatic hydroxyl groups is 1. The summed E-state index contributed by atoms with van der Waals surface area (Å²) in [5, 5.41) is 14.5. The minimum Gasteiger partial charge on any atom is -0.497 e. The number of methoxy groups -OCH3 is 2. The molecule has 0 saturated heterocycles. The molecule has 0 aliphatic heterocycles. The van der Waals surface area contributed by atoms with E-state index in [1.165, 1.54) is 32.8 Å². The number of benzene rings is 2. The van der Waals surface area contributed by atoms with Gasteiger partial charge in [0.2, 0.25) is 0 Å². The standard InChI is InChI=1S/C29H31ClFN5O6S/c1-35-24(8-11-34-35)21-12-19(37)5-7-25(21)42-27-15-23(31)28(14-22(27)30)43(38,39)36(29-9-10-32-17-33-29)16-18-4-6-20(40-2)13-26(18)41-3/h4,6,8-11,13-15,17,19,21,25,37H,5,7,12,16H2,1-3H3/t19-,21-,25+/m0/s1. The summed E-state index contributed by atoms with van der Waals surface area (Å²) in [5.41, 5.74) is 1.34. The summed E-state index contributed by atoms with van der Waals surface area (Å²) in [6, 6.07) is 10.2. The van der Waals surface area contributed by atoms with Crippen molar-refractivity contribution >= 4 is 27.4 Å². The number of aryl methyl sites for hydroxylation is 1. The molecular formula is C29H31ClFN5O6S. The molecule has 14 heteroatoms. The zero-order chi connectivity index (χ0) is 30.7. The van der Waals surface area contributed by atoms with Crippen LogP contribution < -0.4 is 18.5 Å². The molecule has 5 rings (SSSR count). The number of sulfonamides is 1. The molecule has 2 aromatic carbocycles. The maximum absolute atomic E-state index is 15.8. The number of rotatable bonds is 10. The summed E-state index contributed by atoms with van der Waals surface area (Å²) < 4.78 is 63.4. The predicted molar refractivity (Wildman–Crippen MR) is 157 cm³/mol. The van der Waals surface area contributed by atoms with Crippen molar-refractivity contribution in [2.75, 3.05) is 18.5 Å². The first kappa shape index (κ1) is 30.5. The van der Waals surface area contributed by atoms with Crippen LogP contribution in [0, 0.1) is 5.82 Å². The number of nitrogens with zero attached hydrogens (tertiary/aromatic N) is 5. The van der Waals surface area contributed by atoms with Gasteiger partial charge in [0.25, 0.3) is 10.0 Å². The molecule has 0 amide bonds. The molecule has 3 atom stereocenters. The van der Waals surface area contributed by atoms with Crippen LogP contribution in [0.3, 0.4) is 0 Å². The first-order valence-electron chi connectivity index (χ1n) is 13.4. The van der Waals surface area contributed by atoms with Gasteiger partial charge in [0.05, 0.1) is 31.9 Å². The number of hydrogen-bond donors (Lipinski definition) is 1. The van der Waals surface area contributed by atoms with Crippen LogP contribution in [0.15, 0.2) is 66.1 Å². The van der Waals surface area contributed by atoms with E-state index >= 15 is 4.39 Å². The minimum absolute atomic E-state index is 0.00270. The number of aliphatic hydroxyl groups excluding tert-OH is 1. The van der Waals surface area contributed by atoms with Crippen molar-refractivity contribution in [3.8, 4) is 17.2 Å². The maximum atomic E-state index is 15.8. The summed E-state index contributed by atoms with van der Waals surface area (Å²) >= 11 is 6.55. The maximum Gasteiger partial charge on any atom is 0.268 e. The van der Waals surface area contributed by atoms with E-state index < -0.39 is 32.9 Å². The molecule has 2 aromatic heterocycles. The lowest BCUT2D eigenvalue weighted by molar-refractivity contribution is 0.0462. The minimum atomic E-state index is -4.56. The van der Waals surface area contributed by atoms with Gasteiger partial charge in [0.1, 0.15) is 46.2 Å². The van der Waals surface area contributed by atoms with Gasteiger partial charge in [-0.05, 0) is 43.5 Å². The van der Waals surface area contributed by atoms with Gasteiger partial charge in [0, 0.05) is 54.8 Å². The molecule has 0 radical (unpaired) electrons. The smallest absolute Gasteiger partial charge is 0.268 e. The Hall–Kier alpha value is -3.94. The van der Waals surface area contributed by atoms with Crippen LogP contribution in [0.4, 0.5) is 10.2 Å². The highest BCUT2D eigenvalue weighted by atomic mass is 35.5. The van der Waals surface area contributed by atoms with Gasteiger partial charge in [0.15, 0.2) is 0 Å². The predicted octanol–water partition coefficient (Wildman–Crippen LogP) is 4.49. The Morgan fingerprint density at radius 1 is 1.09 bits per heavy atom. The fourth-order valence-corrected chi connectivity index (χ4v) is 7.00. The van der Waals surface area contributed by atoms with E-state index in [0.717, 1.165) is 22.1 Å². The van der Waals surface area contributed by atoms with Crippen LogP contribution in [0.1, 0.15) is 36.4 Å². The fourth-order valence-electron chi connectivity index (χ4n) is 5.26. The van der Waals surface area contributed by atoms with Gasteiger partial charge in [-0.3, -0.25) is 4.68 Å². The molecule has 11 nitrogen and oxygen atoms in total. The molecule has 1 saturated carbocycles. The van der Waals surface area contributed by atoms with Crippen LogP contribution in [-0.4, -0.2) is 59.7 Å². The molecule has 1 N–H and O–H groups in total. The Morgan fingerprint density at radius 3 is 2.58 bits per heavy atom. The van der Waals surface area contributed by atoms with Crippen LogP contribution in [0.25, 0.3) is 0 Å². The van der Waals surface area contributed by atoms with Crippen LogP contribution in [0.5, 0.6) is 17.2 Å². The van der Waals surface area contributed by atoms with E-state index in [1.807, 2.05) is 6.07 Å². The summed E-state index contributed by atoms with van der Waals surface area (Å²) in [7, 11) is 0.191. The van der Waals surface area contributed by atoms with E-state index in [9.17, 15) is 13.5 Å². The molecule has 2 heterocycles. The van der Waals surface area contributed by atoms with Crippen molar-refractivity contribution in [2.24, 2.45) is 7.05 Å². The Bertz CT molecular complexity index is 1690. The highest BCUT2D eigenvalue weighted by molar-refractivity contribution is 7.92. The topological polar surface area (TPSA) is 129 Å². The summed E-state index contributed by atoms with van der Waals surface area (Å²) in [4.78, 5) is 7.33. The molecule has 43 heavy (non-hydrogen) atoms. The van der Waals surface area contributed by atoms with Crippen molar-refractivity contribution in [2.45, 2.75) is 48.8 Å². The normalized spacial score (nSPS) is 18.7. The van der Waals surface area contributed by atoms with E-state index in [4.69, 9.17) is 25.8 Å². The zero-order valence-corrected chi connectivity index (χ0v) is 25.3. The largest absolute Gasteiger partial charge is 0.497 e. The fraction of sp³-hybridized carbons (Fsp3) is 0.345. The van der Waals surface area contributed by atoms with Crippen molar-refractivity contribution < 1.29 is 32.1 Å². The third-order valence-corrected chi connectivity index (χ3v) is 9.52. The first-order valence-corrected chi connectivity index (χ1v) is 15.3. The number of anilines is 1. The van der Waals surface area contributed by atoms with E-state index in [-0.39, 0.29) is 29.1 Å². The number of aromatic nitrogens is 4. The zero-order valence-electron chi connectivity index (χ0n) is 23.7. The number of hydrogen-bond acceptors (Lipinski definition) is 9. The van der Waals surface area contributed by atoms with Gasteiger partial charge in [-0.15, -0.1) is 0 Å². The van der Waals surface area contributed by atoms with Crippen molar-refractivity contribution in [3.63, 3.8) is 0 Å². The average molecular weight is 632 g/mol. The first-order chi connectivity index (χ1) is 20.6. The van der Waals surface area contributed by atoms with Crippen molar-refractivity contribution in [1.29, 1.82) is 0 Å². The van der Waals surface area contributed by atoms with E-state index in [1.54, 1.807) is 36.1 Å². The quantitative estimate of drug-likeness (QED) is 0.269. The highest BCUT2D eigenvalue weighted by Gasteiger charge is 2.36. The van der Waals surface area contributed by atoms with Crippen LogP contribution in [-0.2, 0) is 23.6 Å². The van der Waals surface area contributed by atoms with E-state index in [2.05, 4.69) is 15.1 Å². The molecule has 0 spiro atoms. The Morgan fingerprint density at radius 2 is 1.91 bits per heavy atom. The van der Waals surface area contributed by atoms with Crippen LogP contribution >= 0.6 is 11.6 Å². The lowest BCUT2D eigenvalue weighted by atomic mass is 9.82. The number of halogens is 2. The third kappa shape index (κ3) is 6.38. The molecule has 1 fully saturated rings. The van der Waals surface area contributed by atoms with Gasteiger partial charge in [-0.2, -0.15) is 5.10 Å². The Labute approximate surface area is 253 Å². The molecule has 0 bridgehead atoms. The molecular weight excluding hydrogens is 601 g/mol. The lowest BCUT2D eigenvalue weighted by Gasteiger charge is -2.34. The Balaban J connectivity index is 1.49. The van der Waals surface area contributed by atoms with Crippen LogP contribution in [0.2, 0.25) is 5.02 Å². The molecule has 1 aliphatic rings. The molecule has 228 valence electrons. The second-order valence-electron chi connectivity index (χ2n) is 10.1. The molecule has 0 unspecified atom stereocenters. The molecule has 4 aromatic rings. The number of ether oxygens (including phenoxy) is 3. The second-order valence-corrected chi connectivity index (χ2v) is 12.3. The summed E-state index contributed by atoms with van der Waals surface area (Å²) in [5.74, 6) is -0.375. The second kappa shape index (κ2) is 12.7. The Kier molecular flexibility index (Phi) is 9.04. The van der Waals surface area contributed by atoms with Gasteiger partial charge >= 0.3 is 0 Å². The van der Waals surface area contributed by atoms with Gasteiger partial charge < -0.3 is 19.3 Å². The van der Waals surface area contributed by atoms with E-state index in [0.29, 0.717) is 36.3 Å². The third-order valence-electron chi connectivity index (χ3n) is 7.46. The van der Waals surface area contributed by atoms with Crippen molar-refractivity contribution in [1.82, 2.24) is 19.7 Å². The SMILES string of the molecule is COc1ccc(CN(c2ccncn2)S(=O)(=O)c2cc(Cl)c(O[C@@H]3CC[C@H](O)C[C@H]3c3ccnn3C)cc2F)c(OC)c1.